The summed E-state index contributed by atoms with van der Waals surface area (Å²) < 4.78 is 35.6. The third-order valence-electron chi connectivity index (χ3n) is 2.54. The van der Waals surface area contributed by atoms with Crippen LogP contribution in [-0.2, 0) is 0 Å². The predicted molar refractivity (Wildman–Crippen MR) is 46.9 cm³/mol. The van der Waals surface area contributed by atoms with Crippen LogP contribution >= 0.6 is 0 Å². The highest BCUT2D eigenvalue weighted by atomic mass is 19.4. The minimum atomic E-state index is -4.16. The molecule has 2 N–H and O–H groups in total. The van der Waals surface area contributed by atoms with Gasteiger partial charge in [-0.05, 0) is 25.8 Å². The Morgan fingerprint density at radius 2 is 2.07 bits per heavy atom. The van der Waals surface area contributed by atoms with Crippen LogP contribution in [0.15, 0.2) is 0 Å². The molecule has 2 unspecified atom stereocenters. The molecule has 0 bridgehead atoms. The van der Waals surface area contributed by atoms with Gasteiger partial charge in [0.25, 0.3) is 0 Å². The van der Waals surface area contributed by atoms with Gasteiger partial charge in [0, 0.05) is 12.5 Å². The topological polar surface area (TPSA) is 32.3 Å². The smallest absolute Gasteiger partial charge is 0.389 e. The number of rotatable bonds is 3. The maximum atomic E-state index is 11.9. The minimum absolute atomic E-state index is 0.147. The van der Waals surface area contributed by atoms with Gasteiger partial charge in [-0.25, -0.2) is 0 Å². The number of alkyl halides is 3. The van der Waals surface area contributed by atoms with Crippen molar-refractivity contribution >= 4 is 0 Å². The van der Waals surface area contributed by atoms with Crippen molar-refractivity contribution in [1.29, 1.82) is 0 Å². The van der Waals surface area contributed by atoms with E-state index in [9.17, 15) is 18.3 Å². The van der Waals surface area contributed by atoms with E-state index in [1.54, 1.807) is 0 Å². The molecule has 0 aromatic carbocycles. The van der Waals surface area contributed by atoms with Gasteiger partial charge in [0.2, 0.25) is 0 Å². The normalized spacial score (nSPS) is 26.1. The monoisotopic (exact) mass is 211 g/mol. The fourth-order valence-corrected chi connectivity index (χ4v) is 1.72. The molecule has 0 aromatic heterocycles. The van der Waals surface area contributed by atoms with Crippen LogP contribution in [0.2, 0.25) is 0 Å². The molecular formula is C9H16F3NO. The summed E-state index contributed by atoms with van der Waals surface area (Å²) in [6.45, 7) is 0.799. The molecular weight excluding hydrogens is 195 g/mol. The number of hydrogen-bond acceptors (Lipinski definition) is 2. The summed E-state index contributed by atoms with van der Waals surface area (Å²) in [4.78, 5) is 0. The van der Waals surface area contributed by atoms with Crippen molar-refractivity contribution in [3.8, 4) is 0 Å². The molecule has 1 aliphatic heterocycles. The van der Waals surface area contributed by atoms with Crippen LogP contribution in [0, 0.1) is 0 Å². The quantitative estimate of drug-likeness (QED) is 0.746. The van der Waals surface area contributed by atoms with Gasteiger partial charge in [-0.1, -0.05) is 6.42 Å². The predicted octanol–water partition coefficient (Wildman–Crippen LogP) is 1.83. The molecule has 84 valence electrons. The van der Waals surface area contributed by atoms with Gasteiger partial charge in [0.1, 0.15) is 0 Å². The average molecular weight is 211 g/mol. The van der Waals surface area contributed by atoms with E-state index in [4.69, 9.17) is 0 Å². The molecule has 14 heavy (non-hydrogen) atoms. The van der Waals surface area contributed by atoms with E-state index in [0.29, 0.717) is 0 Å². The van der Waals surface area contributed by atoms with E-state index in [-0.39, 0.29) is 12.5 Å². The van der Waals surface area contributed by atoms with E-state index in [1.165, 1.54) is 0 Å². The number of aliphatic hydroxyl groups excluding tert-OH is 1. The van der Waals surface area contributed by atoms with Crippen LogP contribution in [0.25, 0.3) is 0 Å². The van der Waals surface area contributed by atoms with Gasteiger partial charge in [-0.3, -0.25) is 0 Å². The molecule has 0 spiro atoms. The molecule has 2 atom stereocenters. The van der Waals surface area contributed by atoms with Gasteiger partial charge in [-0.15, -0.1) is 0 Å². The molecule has 1 aliphatic rings. The summed E-state index contributed by atoms with van der Waals surface area (Å²) in [6.07, 6.45) is -3.30. The molecule has 5 heteroatoms. The van der Waals surface area contributed by atoms with Gasteiger partial charge < -0.3 is 10.4 Å². The van der Waals surface area contributed by atoms with E-state index in [1.807, 2.05) is 0 Å². The standard InChI is InChI=1S/C9H16F3NO/c10-9(11,12)5-4-8(14)7-3-1-2-6-13-7/h7-8,13-14H,1-6H2. The average Bonchev–Trinajstić information content (AvgIpc) is 2.14. The number of hydrogen-bond donors (Lipinski definition) is 2. The van der Waals surface area contributed by atoms with Gasteiger partial charge >= 0.3 is 6.18 Å². The number of piperidine rings is 1. The Bertz CT molecular complexity index is 166. The summed E-state index contributed by atoms with van der Waals surface area (Å²) >= 11 is 0. The largest absolute Gasteiger partial charge is 0.392 e. The lowest BCUT2D eigenvalue weighted by atomic mass is 9.97. The Kier molecular flexibility index (Phi) is 4.19. The van der Waals surface area contributed by atoms with Crippen LogP contribution < -0.4 is 5.32 Å². The zero-order valence-electron chi connectivity index (χ0n) is 7.98. The zero-order valence-corrected chi connectivity index (χ0v) is 7.98. The lowest BCUT2D eigenvalue weighted by Gasteiger charge is -2.28. The van der Waals surface area contributed by atoms with E-state index in [2.05, 4.69) is 5.32 Å². The molecule has 0 amide bonds. The second kappa shape index (κ2) is 4.98. The van der Waals surface area contributed by atoms with Crippen LogP contribution in [0.4, 0.5) is 13.2 Å². The maximum Gasteiger partial charge on any atom is 0.389 e. The van der Waals surface area contributed by atoms with E-state index >= 15 is 0 Å². The molecule has 0 aromatic rings. The van der Waals surface area contributed by atoms with Crippen molar-refractivity contribution in [2.75, 3.05) is 6.54 Å². The third-order valence-corrected chi connectivity index (χ3v) is 2.54. The highest BCUT2D eigenvalue weighted by Gasteiger charge is 2.30. The second-order valence-electron chi connectivity index (χ2n) is 3.78. The number of aliphatic hydroxyl groups is 1. The summed E-state index contributed by atoms with van der Waals surface area (Å²) in [5.41, 5.74) is 0. The van der Waals surface area contributed by atoms with Crippen LogP contribution in [-0.4, -0.2) is 30.0 Å². The Balaban J connectivity index is 2.23. The van der Waals surface area contributed by atoms with Crippen molar-refractivity contribution in [2.45, 2.75) is 50.4 Å². The molecule has 1 fully saturated rings. The van der Waals surface area contributed by atoms with Gasteiger partial charge in [0.15, 0.2) is 0 Å². The van der Waals surface area contributed by atoms with Crippen LogP contribution in [0.3, 0.4) is 0 Å². The lowest BCUT2D eigenvalue weighted by molar-refractivity contribution is -0.141. The molecule has 1 saturated heterocycles. The van der Waals surface area contributed by atoms with Gasteiger partial charge in [0.05, 0.1) is 6.10 Å². The van der Waals surface area contributed by atoms with Crippen molar-refractivity contribution in [3.05, 3.63) is 0 Å². The SMILES string of the molecule is OC(CCC(F)(F)F)C1CCCCN1. The second-order valence-corrected chi connectivity index (χ2v) is 3.78. The van der Waals surface area contributed by atoms with Crippen molar-refractivity contribution in [2.24, 2.45) is 0 Å². The maximum absolute atomic E-state index is 11.9. The van der Waals surface area contributed by atoms with E-state index < -0.39 is 18.7 Å². The fourth-order valence-electron chi connectivity index (χ4n) is 1.72. The number of halogens is 3. The van der Waals surface area contributed by atoms with Crippen LogP contribution in [0.5, 0.6) is 0 Å². The minimum Gasteiger partial charge on any atom is -0.392 e. The highest BCUT2D eigenvalue weighted by molar-refractivity contribution is 4.79. The summed E-state index contributed by atoms with van der Waals surface area (Å²) in [7, 11) is 0. The Morgan fingerprint density at radius 1 is 1.36 bits per heavy atom. The molecule has 1 rings (SSSR count). The summed E-state index contributed by atoms with van der Waals surface area (Å²) in [6, 6.07) is -0.147. The summed E-state index contributed by atoms with van der Waals surface area (Å²) in [5.74, 6) is 0. The first kappa shape index (κ1) is 11.8. The van der Waals surface area contributed by atoms with Gasteiger partial charge in [-0.2, -0.15) is 13.2 Å². The lowest BCUT2D eigenvalue weighted by Crippen LogP contribution is -2.43. The Morgan fingerprint density at radius 3 is 2.57 bits per heavy atom. The fraction of sp³-hybridized carbons (Fsp3) is 1.00. The third kappa shape index (κ3) is 4.28. The zero-order chi connectivity index (χ0) is 10.6. The molecule has 1 heterocycles. The Hall–Kier alpha value is -0.290. The van der Waals surface area contributed by atoms with Crippen molar-refractivity contribution in [1.82, 2.24) is 5.32 Å². The molecule has 0 radical (unpaired) electrons. The molecule has 0 saturated carbocycles. The highest BCUT2D eigenvalue weighted by Crippen LogP contribution is 2.24. The van der Waals surface area contributed by atoms with Crippen LogP contribution in [0.1, 0.15) is 32.1 Å². The van der Waals surface area contributed by atoms with Crippen molar-refractivity contribution in [3.63, 3.8) is 0 Å². The molecule has 0 aliphatic carbocycles. The first-order chi connectivity index (χ1) is 6.49. The first-order valence-electron chi connectivity index (χ1n) is 4.97. The molecule has 2 nitrogen and oxygen atoms in total. The summed E-state index contributed by atoms with van der Waals surface area (Å²) in [5, 5.41) is 12.5. The number of nitrogens with one attached hydrogen (secondary N) is 1. The van der Waals surface area contributed by atoms with Crippen molar-refractivity contribution < 1.29 is 18.3 Å². The van der Waals surface area contributed by atoms with E-state index in [0.717, 1.165) is 25.8 Å². The Labute approximate surface area is 81.5 Å². The first-order valence-corrected chi connectivity index (χ1v) is 4.97.